The second-order valence-electron chi connectivity index (χ2n) is 6.65. The van der Waals surface area contributed by atoms with Gasteiger partial charge in [-0.05, 0) is 30.3 Å². The minimum atomic E-state index is -0.709. The van der Waals surface area contributed by atoms with Crippen molar-refractivity contribution in [3.8, 4) is 5.75 Å². The summed E-state index contributed by atoms with van der Waals surface area (Å²) in [5.74, 6) is -0.730. The highest BCUT2D eigenvalue weighted by Crippen LogP contribution is 2.24. The molecule has 0 radical (unpaired) electrons. The number of ether oxygens (including phenoxy) is 1. The van der Waals surface area contributed by atoms with Crippen LogP contribution in [0.5, 0.6) is 5.75 Å². The molecule has 1 aliphatic heterocycles. The Labute approximate surface area is 161 Å². The van der Waals surface area contributed by atoms with Gasteiger partial charge in [0.05, 0.1) is 18.7 Å². The largest absolute Gasteiger partial charge is 0.497 e. The van der Waals surface area contributed by atoms with E-state index in [9.17, 15) is 14.4 Å². The third-order valence-electron chi connectivity index (χ3n) is 4.88. The number of H-pyrrole nitrogens is 1. The minimum Gasteiger partial charge on any atom is -0.497 e. The second-order valence-corrected chi connectivity index (χ2v) is 6.65. The molecule has 4 rings (SSSR count). The van der Waals surface area contributed by atoms with Gasteiger partial charge in [-0.25, -0.2) is 0 Å². The predicted molar refractivity (Wildman–Crippen MR) is 105 cm³/mol. The van der Waals surface area contributed by atoms with Gasteiger partial charge in [-0.15, -0.1) is 0 Å². The molecule has 2 heterocycles. The van der Waals surface area contributed by atoms with E-state index in [1.165, 1.54) is 6.20 Å². The fourth-order valence-corrected chi connectivity index (χ4v) is 3.45. The lowest BCUT2D eigenvalue weighted by Gasteiger charge is -2.17. The number of fused-ring (bicyclic) bond motifs is 1. The monoisotopic (exact) mass is 377 g/mol. The standard InChI is InChI=1S/C21H19N3O4/c1-28-15-8-6-14(7-9-15)24-12-13(10-19(24)25)23-21(27)20(26)17-11-22-18-5-3-2-4-16(17)18/h2-9,11,13,22H,10,12H2,1H3,(H,23,27). The van der Waals surface area contributed by atoms with Crippen LogP contribution < -0.4 is 15.0 Å². The summed E-state index contributed by atoms with van der Waals surface area (Å²) in [6.45, 7) is 0.318. The van der Waals surface area contributed by atoms with Crippen molar-refractivity contribution in [3.63, 3.8) is 0 Å². The first kappa shape index (κ1) is 17.8. The summed E-state index contributed by atoms with van der Waals surface area (Å²) in [5.41, 5.74) is 1.84. The van der Waals surface area contributed by atoms with Crippen molar-refractivity contribution < 1.29 is 19.1 Å². The molecule has 1 aromatic heterocycles. The summed E-state index contributed by atoms with van der Waals surface area (Å²) >= 11 is 0. The van der Waals surface area contributed by atoms with Gasteiger partial charge in [-0.1, -0.05) is 18.2 Å². The van der Waals surface area contributed by atoms with E-state index in [1.807, 2.05) is 18.2 Å². The number of hydrogen-bond donors (Lipinski definition) is 2. The topological polar surface area (TPSA) is 91.5 Å². The highest BCUT2D eigenvalue weighted by Gasteiger charge is 2.33. The minimum absolute atomic E-state index is 0.102. The first-order chi connectivity index (χ1) is 13.6. The Morgan fingerprint density at radius 3 is 2.64 bits per heavy atom. The summed E-state index contributed by atoms with van der Waals surface area (Å²) < 4.78 is 5.12. The zero-order valence-electron chi connectivity index (χ0n) is 15.3. The number of carbonyl (C=O) groups excluding carboxylic acids is 3. The van der Waals surface area contributed by atoms with Crippen LogP contribution in [0, 0.1) is 0 Å². The number of amides is 2. The SMILES string of the molecule is COc1ccc(N2CC(NC(=O)C(=O)c3c[nH]c4ccccc34)CC2=O)cc1. The molecule has 1 aliphatic rings. The molecule has 2 aromatic carbocycles. The highest BCUT2D eigenvalue weighted by molar-refractivity contribution is 6.45. The average molecular weight is 377 g/mol. The molecule has 0 saturated carbocycles. The maximum atomic E-state index is 12.6. The maximum absolute atomic E-state index is 12.6. The van der Waals surface area contributed by atoms with E-state index < -0.39 is 17.7 Å². The molecule has 0 bridgehead atoms. The maximum Gasteiger partial charge on any atom is 0.292 e. The number of Topliss-reactive ketones (excluding diaryl/α,β-unsaturated/α-hetero) is 1. The highest BCUT2D eigenvalue weighted by atomic mass is 16.5. The number of aromatic nitrogens is 1. The summed E-state index contributed by atoms with van der Waals surface area (Å²) in [7, 11) is 1.58. The van der Waals surface area contributed by atoms with Crippen LogP contribution in [-0.4, -0.2) is 42.3 Å². The first-order valence-corrected chi connectivity index (χ1v) is 8.92. The molecule has 28 heavy (non-hydrogen) atoms. The third-order valence-corrected chi connectivity index (χ3v) is 4.88. The van der Waals surface area contributed by atoms with Crippen LogP contribution in [0.25, 0.3) is 10.9 Å². The number of aromatic amines is 1. The van der Waals surface area contributed by atoms with Crippen molar-refractivity contribution in [2.75, 3.05) is 18.6 Å². The van der Waals surface area contributed by atoms with Gasteiger partial charge in [0.1, 0.15) is 5.75 Å². The van der Waals surface area contributed by atoms with Crippen molar-refractivity contribution in [1.29, 1.82) is 0 Å². The van der Waals surface area contributed by atoms with Crippen molar-refractivity contribution in [2.24, 2.45) is 0 Å². The van der Waals surface area contributed by atoms with Gasteiger partial charge in [-0.3, -0.25) is 14.4 Å². The molecule has 0 aliphatic carbocycles. The van der Waals surface area contributed by atoms with Crippen molar-refractivity contribution in [1.82, 2.24) is 10.3 Å². The molecule has 1 saturated heterocycles. The number of carbonyl (C=O) groups is 3. The van der Waals surface area contributed by atoms with E-state index in [1.54, 1.807) is 42.3 Å². The molecular weight excluding hydrogens is 358 g/mol. The summed E-state index contributed by atoms with van der Waals surface area (Å²) in [6.07, 6.45) is 1.69. The van der Waals surface area contributed by atoms with Gasteiger partial charge in [-0.2, -0.15) is 0 Å². The molecule has 7 heteroatoms. The van der Waals surface area contributed by atoms with Crippen LogP contribution in [0.15, 0.2) is 54.7 Å². The van der Waals surface area contributed by atoms with Crippen LogP contribution in [0.1, 0.15) is 16.8 Å². The zero-order chi connectivity index (χ0) is 19.7. The van der Waals surface area contributed by atoms with Crippen LogP contribution in [0.2, 0.25) is 0 Å². The first-order valence-electron chi connectivity index (χ1n) is 8.92. The smallest absolute Gasteiger partial charge is 0.292 e. The number of nitrogens with one attached hydrogen (secondary N) is 2. The molecule has 0 spiro atoms. The van der Waals surface area contributed by atoms with Gasteiger partial charge < -0.3 is 19.9 Å². The fraction of sp³-hybridized carbons (Fsp3) is 0.190. The summed E-state index contributed by atoms with van der Waals surface area (Å²) in [5, 5.41) is 3.39. The molecule has 3 aromatic rings. The van der Waals surface area contributed by atoms with Gasteiger partial charge >= 0.3 is 0 Å². The molecule has 142 valence electrons. The van der Waals surface area contributed by atoms with E-state index in [0.717, 1.165) is 11.2 Å². The molecule has 2 amide bonds. The van der Waals surface area contributed by atoms with Gasteiger partial charge in [0.15, 0.2) is 0 Å². The lowest BCUT2D eigenvalue weighted by atomic mass is 10.1. The van der Waals surface area contributed by atoms with E-state index in [0.29, 0.717) is 23.2 Å². The summed E-state index contributed by atoms with van der Waals surface area (Å²) in [6, 6.07) is 14.0. The summed E-state index contributed by atoms with van der Waals surface area (Å²) in [4.78, 5) is 42.0. The van der Waals surface area contributed by atoms with Crippen molar-refractivity contribution in [3.05, 3.63) is 60.3 Å². The predicted octanol–water partition coefficient (Wildman–Crippen LogP) is 2.28. The number of para-hydroxylation sites is 1. The van der Waals surface area contributed by atoms with Crippen LogP contribution in [-0.2, 0) is 9.59 Å². The van der Waals surface area contributed by atoms with Crippen LogP contribution >= 0.6 is 0 Å². The van der Waals surface area contributed by atoms with Crippen molar-refractivity contribution in [2.45, 2.75) is 12.5 Å². The Kier molecular flexibility index (Phi) is 4.57. The molecule has 2 N–H and O–H groups in total. The Morgan fingerprint density at radius 2 is 1.89 bits per heavy atom. The zero-order valence-corrected chi connectivity index (χ0v) is 15.3. The number of anilines is 1. The van der Waals surface area contributed by atoms with Gasteiger partial charge in [0, 0.05) is 35.8 Å². The number of methoxy groups -OCH3 is 1. The third kappa shape index (κ3) is 3.22. The number of benzene rings is 2. The molecule has 1 fully saturated rings. The van der Waals surface area contributed by atoms with Crippen LogP contribution in [0.4, 0.5) is 5.69 Å². The van der Waals surface area contributed by atoms with Crippen molar-refractivity contribution >= 4 is 34.2 Å². The van der Waals surface area contributed by atoms with Gasteiger partial charge in [0.2, 0.25) is 5.91 Å². The number of hydrogen-bond acceptors (Lipinski definition) is 4. The lowest BCUT2D eigenvalue weighted by molar-refractivity contribution is -0.118. The Hall–Kier alpha value is -3.61. The Balaban J connectivity index is 1.45. The van der Waals surface area contributed by atoms with E-state index >= 15 is 0 Å². The second kappa shape index (κ2) is 7.19. The number of nitrogens with zero attached hydrogens (tertiary/aromatic N) is 1. The van der Waals surface area contributed by atoms with Gasteiger partial charge in [0.25, 0.3) is 11.7 Å². The Morgan fingerprint density at radius 1 is 1.14 bits per heavy atom. The van der Waals surface area contributed by atoms with Crippen LogP contribution in [0.3, 0.4) is 0 Å². The molecular formula is C21H19N3O4. The number of ketones is 1. The quantitative estimate of drug-likeness (QED) is 0.527. The Bertz CT molecular complexity index is 1050. The molecule has 1 unspecified atom stereocenters. The molecule has 7 nitrogen and oxygen atoms in total. The van der Waals surface area contributed by atoms with E-state index in [-0.39, 0.29) is 12.3 Å². The average Bonchev–Trinajstić information content (AvgIpc) is 3.31. The van der Waals surface area contributed by atoms with E-state index in [2.05, 4.69) is 10.3 Å². The number of rotatable bonds is 5. The fourth-order valence-electron chi connectivity index (χ4n) is 3.45. The normalized spacial score (nSPS) is 16.4. The lowest BCUT2D eigenvalue weighted by Crippen LogP contribution is -2.40. The van der Waals surface area contributed by atoms with E-state index in [4.69, 9.17) is 4.74 Å². The molecule has 1 atom stereocenters.